The van der Waals surface area contributed by atoms with Gasteiger partial charge >= 0.3 is 11.9 Å². The van der Waals surface area contributed by atoms with Crippen LogP contribution in [0.1, 0.15) is 31.8 Å². The van der Waals surface area contributed by atoms with Crippen molar-refractivity contribution in [3.63, 3.8) is 0 Å². The summed E-state index contributed by atoms with van der Waals surface area (Å²) in [5.74, 6) is -3.95. The molecule has 0 unspecified atom stereocenters. The normalized spacial score (nSPS) is 11.0. The first-order valence-electron chi connectivity index (χ1n) is 15.2. The lowest BCUT2D eigenvalue weighted by atomic mass is 9.99. The second kappa shape index (κ2) is 15.2. The number of thioether (sulfide) groups is 2. The lowest BCUT2D eigenvalue weighted by Gasteiger charge is -2.12. The van der Waals surface area contributed by atoms with Crippen LogP contribution in [-0.2, 0) is 16.0 Å². The Bertz CT molecular complexity index is 2310. The van der Waals surface area contributed by atoms with E-state index < -0.39 is 33.6 Å². The number of nitrogens with one attached hydrogen (secondary N) is 4. The number of benzene rings is 4. The second-order valence-corrected chi connectivity index (χ2v) is 13.1. The second-order valence-electron chi connectivity index (χ2n) is 11.2. The average molecular weight is 757 g/mol. The molecule has 0 saturated heterocycles. The molecule has 0 fully saturated rings. The Morgan fingerprint density at radius 1 is 0.642 bits per heavy atom. The zero-order valence-electron chi connectivity index (χ0n) is 26.8. The molecule has 0 aliphatic rings. The van der Waals surface area contributed by atoms with E-state index in [1.807, 2.05) is 0 Å². The Morgan fingerprint density at radius 2 is 1.06 bits per heavy atom. The van der Waals surface area contributed by atoms with Gasteiger partial charge in [0.05, 0.1) is 65.9 Å². The minimum atomic E-state index is -1.31. The molecule has 0 atom stereocenters. The van der Waals surface area contributed by atoms with Gasteiger partial charge in [0, 0.05) is 24.3 Å². The van der Waals surface area contributed by atoms with Crippen molar-refractivity contribution in [3.05, 3.63) is 115 Å². The predicted octanol–water partition coefficient (Wildman–Crippen LogP) is 5.70. The van der Waals surface area contributed by atoms with Gasteiger partial charge in [0.15, 0.2) is 10.3 Å². The Kier molecular flexibility index (Phi) is 10.3. The topological polar surface area (TPSA) is 276 Å². The summed E-state index contributed by atoms with van der Waals surface area (Å²) in [6.07, 6.45) is 0.128. The molecule has 53 heavy (non-hydrogen) atoms. The number of carboxylic acid groups (broad SMARTS) is 2. The van der Waals surface area contributed by atoms with E-state index in [1.54, 1.807) is 12.1 Å². The highest BCUT2D eigenvalue weighted by Gasteiger charge is 2.18. The Hall–Kier alpha value is -6.80. The molecule has 268 valence electrons. The monoisotopic (exact) mass is 756 g/mol. The van der Waals surface area contributed by atoms with E-state index in [9.17, 15) is 49.6 Å². The number of nitro benzene ring substituents is 2. The fourth-order valence-electron chi connectivity index (χ4n) is 5.16. The first-order chi connectivity index (χ1) is 25.3. The number of nitrogens with zero attached hydrogens (tertiary/aromatic N) is 4. The van der Waals surface area contributed by atoms with Gasteiger partial charge in [-0.2, -0.15) is 0 Å². The van der Waals surface area contributed by atoms with Crippen molar-refractivity contribution in [3.8, 4) is 0 Å². The molecule has 0 radical (unpaired) electrons. The van der Waals surface area contributed by atoms with Crippen LogP contribution in [0.15, 0.2) is 83.1 Å². The molecular formula is C33H24N8O10S2. The lowest BCUT2D eigenvalue weighted by molar-refractivity contribution is -0.384. The standard InChI is InChI=1S/C33H24N8O10S2/c42-28(14-52-32-36-24-7-3-18(40(48)49)12-26(24)38-32)34-22-5-1-16(10-20(22)30(44)45)9-17-2-6-23(21(11-17)31(46)47)35-29(43)15-53-33-37-25-8-4-19(41(50)51)13-27(25)39-33/h1-8,10-13H,9,14-15H2,(H,34,42)(H,35,43)(H,36,38)(H,37,39)(H,44,45)(H,46,47). The number of nitro groups is 2. The zero-order valence-corrected chi connectivity index (χ0v) is 28.4. The van der Waals surface area contributed by atoms with E-state index in [0.29, 0.717) is 43.5 Å². The van der Waals surface area contributed by atoms with Crippen LogP contribution in [0.25, 0.3) is 22.1 Å². The van der Waals surface area contributed by atoms with Crippen LogP contribution in [0.3, 0.4) is 0 Å². The molecule has 0 aliphatic carbocycles. The number of carboxylic acids is 2. The molecule has 6 aromatic rings. The highest BCUT2D eigenvalue weighted by molar-refractivity contribution is 8.00. The highest BCUT2D eigenvalue weighted by atomic mass is 32.2. The van der Waals surface area contributed by atoms with E-state index in [1.165, 1.54) is 60.7 Å². The lowest BCUT2D eigenvalue weighted by Crippen LogP contribution is -2.17. The number of aromatic carboxylic acids is 2. The number of amides is 2. The van der Waals surface area contributed by atoms with Crippen molar-refractivity contribution in [2.75, 3.05) is 22.1 Å². The molecule has 2 heterocycles. The van der Waals surface area contributed by atoms with Crippen molar-refractivity contribution < 1.29 is 39.2 Å². The first kappa shape index (κ1) is 36.0. The fourth-order valence-corrected chi connectivity index (χ4v) is 6.53. The van der Waals surface area contributed by atoms with Crippen LogP contribution in [0.5, 0.6) is 0 Å². The number of fused-ring (bicyclic) bond motifs is 2. The molecule has 0 spiro atoms. The molecular weight excluding hydrogens is 733 g/mol. The number of carbonyl (C=O) groups is 4. The quantitative estimate of drug-likeness (QED) is 0.0442. The van der Waals surface area contributed by atoms with Crippen molar-refractivity contribution in [2.45, 2.75) is 16.7 Å². The van der Waals surface area contributed by atoms with Crippen molar-refractivity contribution in [2.24, 2.45) is 0 Å². The maximum Gasteiger partial charge on any atom is 0.337 e. The van der Waals surface area contributed by atoms with Crippen LogP contribution in [0.2, 0.25) is 0 Å². The summed E-state index contributed by atoms with van der Waals surface area (Å²) in [6.45, 7) is 0. The van der Waals surface area contributed by atoms with E-state index >= 15 is 0 Å². The minimum absolute atomic E-state index is 0.0400. The molecule has 6 rings (SSSR count). The SMILES string of the molecule is O=C(CSc1nc2ccc([N+](=O)[O-])cc2[nH]1)Nc1ccc(Cc2ccc(NC(=O)CSc3nc4ccc([N+](=O)[O-])cc4[nH]3)c(C(=O)O)c2)cc1C(=O)O. The van der Waals surface area contributed by atoms with Gasteiger partial charge in [-0.1, -0.05) is 35.7 Å². The van der Waals surface area contributed by atoms with Crippen LogP contribution in [0.4, 0.5) is 22.7 Å². The number of rotatable bonds is 14. The molecule has 2 amide bonds. The third-order valence-corrected chi connectivity index (χ3v) is 9.32. The third kappa shape index (κ3) is 8.57. The van der Waals surface area contributed by atoms with Crippen molar-refractivity contribution in [1.82, 2.24) is 19.9 Å². The Balaban J connectivity index is 1.07. The van der Waals surface area contributed by atoms with Crippen LogP contribution in [0, 0.1) is 20.2 Å². The third-order valence-electron chi connectivity index (χ3n) is 7.57. The van der Waals surface area contributed by atoms with Crippen molar-refractivity contribution in [1.29, 1.82) is 0 Å². The minimum Gasteiger partial charge on any atom is -0.478 e. The van der Waals surface area contributed by atoms with Crippen LogP contribution in [-0.4, -0.2) is 75.3 Å². The van der Waals surface area contributed by atoms with E-state index in [-0.39, 0.29) is 51.8 Å². The average Bonchev–Trinajstić information content (AvgIpc) is 3.73. The molecule has 20 heteroatoms. The first-order valence-corrected chi connectivity index (χ1v) is 17.2. The van der Waals surface area contributed by atoms with Gasteiger partial charge in [0.2, 0.25) is 11.8 Å². The molecule has 0 bridgehead atoms. The summed E-state index contributed by atoms with van der Waals surface area (Å²) < 4.78 is 0. The fraction of sp³-hybridized carbons (Fsp3) is 0.0909. The summed E-state index contributed by atoms with van der Waals surface area (Å²) in [7, 11) is 0. The van der Waals surface area contributed by atoms with Crippen LogP contribution < -0.4 is 10.6 Å². The molecule has 0 saturated carbocycles. The summed E-state index contributed by atoms with van der Waals surface area (Å²) in [5, 5.41) is 47.6. The summed E-state index contributed by atoms with van der Waals surface area (Å²) in [5.41, 5.74) is 2.28. The predicted molar refractivity (Wildman–Crippen MR) is 194 cm³/mol. The van der Waals surface area contributed by atoms with Gasteiger partial charge in [-0.3, -0.25) is 29.8 Å². The maximum absolute atomic E-state index is 12.7. The summed E-state index contributed by atoms with van der Waals surface area (Å²) >= 11 is 2.05. The molecule has 6 N–H and O–H groups in total. The Morgan fingerprint density at radius 3 is 1.43 bits per heavy atom. The highest BCUT2D eigenvalue weighted by Crippen LogP contribution is 2.27. The largest absolute Gasteiger partial charge is 0.478 e. The van der Waals surface area contributed by atoms with Gasteiger partial charge in [-0.15, -0.1) is 0 Å². The number of anilines is 2. The number of non-ortho nitro benzene ring substituents is 2. The number of carbonyl (C=O) groups excluding carboxylic acids is 2. The molecule has 0 aliphatic heterocycles. The van der Waals surface area contributed by atoms with E-state index in [2.05, 4.69) is 30.6 Å². The van der Waals surface area contributed by atoms with Gasteiger partial charge < -0.3 is 30.8 Å². The van der Waals surface area contributed by atoms with Gasteiger partial charge in [0.25, 0.3) is 11.4 Å². The summed E-state index contributed by atoms with van der Waals surface area (Å²) in [6, 6.07) is 17.0. The van der Waals surface area contributed by atoms with Crippen LogP contribution >= 0.6 is 23.5 Å². The number of aromatic amines is 2. The zero-order chi connectivity index (χ0) is 37.8. The van der Waals surface area contributed by atoms with Gasteiger partial charge in [-0.05, 0) is 53.9 Å². The van der Waals surface area contributed by atoms with Gasteiger partial charge in [-0.25, -0.2) is 19.6 Å². The van der Waals surface area contributed by atoms with Gasteiger partial charge in [0.1, 0.15) is 0 Å². The smallest absolute Gasteiger partial charge is 0.337 e. The number of aromatic nitrogens is 4. The van der Waals surface area contributed by atoms with E-state index in [0.717, 1.165) is 23.5 Å². The maximum atomic E-state index is 12.7. The van der Waals surface area contributed by atoms with E-state index in [4.69, 9.17) is 0 Å². The molecule has 4 aromatic carbocycles. The number of hydrogen-bond donors (Lipinski definition) is 6. The number of H-pyrrole nitrogens is 2. The Labute approximate surface area is 304 Å². The molecule has 18 nitrogen and oxygen atoms in total. The summed E-state index contributed by atoms with van der Waals surface area (Å²) in [4.78, 5) is 85.0. The number of imidazole rings is 2. The molecule has 2 aromatic heterocycles. The number of hydrogen-bond acceptors (Lipinski definition) is 12. The van der Waals surface area contributed by atoms with Crippen molar-refractivity contribution >= 4 is 92.1 Å².